The number of ether oxygens (including phenoxy) is 1. The van der Waals surface area contributed by atoms with Crippen molar-refractivity contribution >= 4 is 18.3 Å². The van der Waals surface area contributed by atoms with E-state index in [1.54, 1.807) is 0 Å². The van der Waals surface area contributed by atoms with E-state index < -0.39 is 0 Å². The zero-order chi connectivity index (χ0) is 12.0. The molecule has 2 saturated carbocycles. The van der Waals surface area contributed by atoms with Crippen molar-refractivity contribution in [2.75, 3.05) is 6.61 Å². The number of nitrogens with one attached hydrogen (secondary N) is 1. The second kappa shape index (κ2) is 4.99. The summed E-state index contributed by atoms with van der Waals surface area (Å²) < 4.78 is 5.83. The maximum absolute atomic E-state index is 11.8. The fraction of sp³-hybridized carbons (Fsp3) is 0.923. The largest absolute Gasteiger partial charge is 0.377 e. The van der Waals surface area contributed by atoms with Crippen LogP contribution in [0.3, 0.4) is 0 Å². The summed E-state index contributed by atoms with van der Waals surface area (Å²) in [5.41, 5.74) is 5.95. The van der Waals surface area contributed by atoms with Gasteiger partial charge < -0.3 is 15.8 Å². The molecule has 4 atom stereocenters. The summed E-state index contributed by atoms with van der Waals surface area (Å²) in [4.78, 5) is 11.8. The van der Waals surface area contributed by atoms with Gasteiger partial charge in [-0.2, -0.15) is 0 Å². The van der Waals surface area contributed by atoms with Crippen LogP contribution in [0.5, 0.6) is 0 Å². The summed E-state index contributed by atoms with van der Waals surface area (Å²) in [5.74, 6) is 0.675. The van der Waals surface area contributed by atoms with E-state index in [-0.39, 0.29) is 29.8 Å². The Labute approximate surface area is 114 Å². The lowest BCUT2D eigenvalue weighted by Crippen LogP contribution is -2.71. The van der Waals surface area contributed by atoms with Crippen LogP contribution >= 0.6 is 12.4 Å². The Morgan fingerprint density at radius 2 is 2.28 bits per heavy atom. The van der Waals surface area contributed by atoms with Gasteiger partial charge in [0.05, 0.1) is 6.10 Å². The zero-order valence-corrected chi connectivity index (χ0v) is 11.7. The quantitative estimate of drug-likeness (QED) is 0.813. The number of hydrogen-bond donors (Lipinski definition) is 2. The van der Waals surface area contributed by atoms with E-state index in [9.17, 15) is 4.79 Å². The number of rotatable bonds is 3. The highest BCUT2D eigenvalue weighted by Gasteiger charge is 2.66. The van der Waals surface area contributed by atoms with Crippen molar-refractivity contribution in [3.63, 3.8) is 0 Å². The van der Waals surface area contributed by atoms with E-state index in [4.69, 9.17) is 10.5 Å². The minimum atomic E-state index is -0.0527. The van der Waals surface area contributed by atoms with E-state index in [0.717, 1.165) is 13.0 Å². The van der Waals surface area contributed by atoms with Crippen LogP contribution in [0.25, 0.3) is 0 Å². The smallest absolute Gasteiger partial charge is 0.221 e. The summed E-state index contributed by atoms with van der Waals surface area (Å²) in [6.07, 6.45) is 5.69. The van der Waals surface area contributed by atoms with Gasteiger partial charge in [-0.3, -0.25) is 4.79 Å². The van der Waals surface area contributed by atoms with Crippen LogP contribution in [0, 0.1) is 11.3 Å². The van der Waals surface area contributed by atoms with Crippen LogP contribution in [0.1, 0.15) is 39.0 Å². The molecule has 1 spiro atoms. The Balaban J connectivity index is 0.00000120. The molecule has 0 aromatic carbocycles. The first-order valence-corrected chi connectivity index (χ1v) is 6.80. The van der Waals surface area contributed by atoms with Crippen molar-refractivity contribution in [2.24, 2.45) is 17.1 Å². The number of amides is 1. The van der Waals surface area contributed by atoms with Gasteiger partial charge in [0.15, 0.2) is 0 Å². The Hall–Kier alpha value is -0.320. The average Bonchev–Trinajstić information content (AvgIpc) is 2.56. The Kier molecular flexibility index (Phi) is 3.90. The van der Waals surface area contributed by atoms with Gasteiger partial charge in [-0.25, -0.2) is 0 Å². The molecule has 18 heavy (non-hydrogen) atoms. The number of hydrogen-bond acceptors (Lipinski definition) is 3. The highest BCUT2D eigenvalue weighted by Crippen LogP contribution is 2.62. The number of halogens is 1. The molecule has 4 nitrogen and oxygen atoms in total. The summed E-state index contributed by atoms with van der Waals surface area (Å²) in [6.45, 7) is 2.75. The highest BCUT2D eigenvalue weighted by atomic mass is 35.5. The summed E-state index contributed by atoms with van der Waals surface area (Å²) in [7, 11) is 0. The first kappa shape index (κ1) is 14.1. The van der Waals surface area contributed by atoms with Gasteiger partial charge in [0, 0.05) is 36.4 Å². The van der Waals surface area contributed by atoms with E-state index in [1.165, 1.54) is 19.3 Å². The molecule has 0 aromatic rings. The third kappa shape index (κ3) is 1.95. The molecule has 3 N–H and O–H groups in total. The maximum Gasteiger partial charge on any atom is 0.221 e. The zero-order valence-electron chi connectivity index (χ0n) is 10.9. The second-order valence-corrected chi connectivity index (χ2v) is 6.06. The Morgan fingerprint density at radius 1 is 1.56 bits per heavy atom. The highest BCUT2D eigenvalue weighted by molar-refractivity contribution is 5.85. The van der Waals surface area contributed by atoms with Gasteiger partial charge in [0.1, 0.15) is 0 Å². The van der Waals surface area contributed by atoms with Crippen LogP contribution in [0.15, 0.2) is 0 Å². The molecule has 0 radical (unpaired) electrons. The Morgan fingerprint density at radius 3 is 2.83 bits per heavy atom. The van der Waals surface area contributed by atoms with Crippen molar-refractivity contribution in [1.29, 1.82) is 0 Å². The molecule has 1 saturated heterocycles. The molecule has 1 amide bonds. The summed E-state index contributed by atoms with van der Waals surface area (Å²) in [5, 5.41) is 3.21. The fourth-order valence-electron chi connectivity index (χ4n) is 3.98. The van der Waals surface area contributed by atoms with Crippen LogP contribution < -0.4 is 11.1 Å². The van der Waals surface area contributed by atoms with Crippen molar-refractivity contribution in [3.05, 3.63) is 0 Å². The third-order valence-electron chi connectivity index (χ3n) is 4.86. The molecule has 0 bridgehead atoms. The van der Waals surface area contributed by atoms with Crippen LogP contribution in [-0.4, -0.2) is 30.7 Å². The molecule has 4 unspecified atom stereocenters. The molecule has 2 aliphatic carbocycles. The van der Waals surface area contributed by atoms with E-state index in [1.807, 2.05) is 6.92 Å². The number of carbonyl (C=O) groups is 1. The molecule has 3 rings (SSSR count). The number of nitrogens with two attached hydrogens (primary N) is 1. The SMILES string of the molecule is CC(N)CC(=O)NC1C2CCOC2C12CCC2.Cl. The minimum absolute atomic E-state index is 0. The van der Waals surface area contributed by atoms with Crippen LogP contribution in [-0.2, 0) is 9.53 Å². The fourth-order valence-corrected chi connectivity index (χ4v) is 3.98. The van der Waals surface area contributed by atoms with Crippen molar-refractivity contribution < 1.29 is 9.53 Å². The number of carbonyl (C=O) groups excluding carboxylic acids is 1. The maximum atomic E-state index is 11.8. The van der Waals surface area contributed by atoms with Crippen molar-refractivity contribution in [3.8, 4) is 0 Å². The minimum Gasteiger partial charge on any atom is -0.377 e. The Bertz CT molecular complexity index is 331. The van der Waals surface area contributed by atoms with Gasteiger partial charge >= 0.3 is 0 Å². The van der Waals surface area contributed by atoms with E-state index in [2.05, 4.69) is 5.32 Å². The normalized spacial score (nSPS) is 36.9. The number of fused-ring (bicyclic) bond motifs is 2. The second-order valence-electron chi connectivity index (χ2n) is 6.06. The standard InChI is InChI=1S/C13H22N2O2.ClH/c1-8(14)7-10(16)15-11-9-3-6-17-12(9)13(11)4-2-5-13;/h8-9,11-12H,2-7,14H2,1H3,(H,15,16);1H. The van der Waals surface area contributed by atoms with Gasteiger partial charge in [0.2, 0.25) is 5.91 Å². The van der Waals surface area contributed by atoms with Crippen LogP contribution in [0.4, 0.5) is 0 Å². The van der Waals surface area contributed by atoms with Crippen molar-refractivity contribution in [2.45, 2.75) is 57.2 Å². The topological polar surface area (TPSA) is 64.4 Å². The lowest BCUT2D eigenvalue weighted by Gasteiger charge is -2.63. The van der Waals surface area contributed by atoms with Gasteiger partial charge in [0.25, 0.3) is 0 Å². The molecule has 5 heteroatoms. The van der Waals surface area contributed by atoms with Gasteiger partial charge in [-0.15, -0.1) is 12.4 Å². The van der Waals surface area contributed by atoms with Crippen LogP contribution in [0.2, 0.25) is 0 Å². The molecule has 1 heterocycles. The van der Waals surface area contributed by atoms with Gasteiger partial charge in [-0.05, 0) is 26.2 Å². The van der Waals surface area contributed by atoms with Gasteiger partial charge in [-0.1, -0.05) is 6.42 Å². The molecule has 1 aliphatic heterocycles. The molecular formula is C13H23ClN2O2. The summed E-state index contributed by atoms with van der Waals surface area (Å²) in [6, 6.07) is 0.304. The lowest BCUT2D eigenvalue weighted by molar-refractivity contribution is -0.179. The van der Waals surface area contributed by atoms with E-state index >= 15 is 0 Å². The molecule has 104 valence electrons. The van der Waals surface area contributed by atoms with E-state index in [0.29, 0.717) is 24.5 Å². The predicted octanol–water partition coefficient (Wildman–Crippen LogP) is 1.22. The molecule has 3 fully saturated rings. The lowest BCUT2D eigenvalue weighted by atomic mass is 9.46. The summed E-state index contributed by atoms with van der Waals surface area (Å²) >= 11 is 0. The molecule has 0 aromatic heterocycles. The first-order chi connectivity index (χ1) is 8.13. The predicted molar refractivity (Wildman–Crippen MR) is 71.6 cm³/mol. The van der Waals surface area contributed by atoms with Crippen molar-refractivity contribution in [1.82, 2.24) is 5.32 Å². The third-order valence-corrected chi connectivity index (χ3v) is 4.86. The average molecular weight is 275 g/mol. The monoisotopic (exact) mass is 274 g/mol. The molecule has 3 aliphatic rings. The molecular weight excluding hydrogens is 252 g/mol. The first-order valence-electron chi connectivity index (χ1n) is 6.80.